The van der Waals surface area contributed by atoms with E-state index >= 15 is 0 Å². The summed E-state index contributed by atoms with van der Waals surface area (Å²) in [5.74, 6) is 0. The molecule has 1 N–H and O–H groups in total. The molecule has 1 unspecified atom stereocenters. The maximum Gasteiger partial charge on any atom is -0.153 e. The summed E-state index contributed by atoms with van der Waals surface area (Å²) in [5.41, 5.74) is 0. The van der Waals surface area contributed by atoms with Crippen LogP contribution in [0, 0.1) is 0 Å². The first-order valence-corrected chi connectivity index (χ1v) is 16.0. The van der Waals surface area contributed by atoms with Crippen LogP contribution in [0.1, 0.15) is 98.8 Å². The second kappa shape index (κ2) is 22.7. The molecule has 4 nitrogen and oxygen atoms in total. The Morgan fingerprint density at radius 1 is 0.679 bits per heavy atom. The van der Waals surface area contributed by atoms with E-state index in [0.717, 1.165) is 25.7 Å². The first-order chi connectivity index (χ1) is 12.8. The molecule has 0 aromatic rings. The summed E-state index contributed by atoms with van der Waals surface area (Å²) < 4.78 is 20.5. The minimum atomic E-state index is -3.75. The zero-order valence-electron chi connectivity index (χ0n) is 19.9. The largest absolute Gasteiger partial charge is 0.153 e. The van der Waals surface area contributed by atoms with E-state index in [4.69, 9.17) is 13.9 Å². The molecule has 0 radical (unpaired) electrons. The summed E-state index contributed by atoms with van der Waals surface area (Å²) in [6.45, 7) is 14.2. The van der Waals surface area contributed by atoms with Gasteiger partial charge in [-0.1, -0.05) is 26.7 Å². The van der Waals surface area contributed by atoms with Gasteiger partial charge in [-0.15, -0.1) is 0 Å². The van der Waals surface area contributed by atoms with Crippen LogP contribution < -0.4 is 0 Å². The van der Waals surface area contributed by atoms with Gasteiger partial charge < -0.3 is 4.89 Å². The zero-order valence-corrected chi connectivity index (χ0v) is 23.2. The summed E-state index contributed by atoms with van der Waals surface area (Å²) in [6, 6.07) is 0. The predicted molar refractivity (Wildman–Crippen MR) is 136 cm³/mol. The van der Waals surface area contributed by atoms with Crippen molar-refractivity contribution in [3.8, 4) is 0 Å². The third-order valence-corrected chi connectivity index (χ3v) is 10.6. The second-order valence-electron chi connectivity index (χ2n) is 7.96. The van der Waals surface area contributed by atoms with Gasteiger partial charge in [-0.2, -0.15) is 9.90 Å². The van der Waals surface area contributed by atoms with Crippen LogP contribution in [0.5, 0.6) is 0 Å². The van der Waals surface area contributed by atoms with Crippen LogP contribution in [-0.4, -0.2) is 43.3 Å². The van der Waals surface area contributed by atoms with Crippen molar-refractivity contribution in [2.24, 2.45) is 0 Å². The van der Waals surface area contributed by atoms with Crippen molar-refractivity contribution in [3.05, 3.63) is 0 Å². The maximum atomic E-state index is 11.1. The average molecular weight is 463 g/mol. The molecule has 28 heavy (non-hydrogen) atoms. The molecule has 0 heterocycles. The summed E-state index contributed by atoms with van der Waals surface area (Å²) >= 11 is 0. The standard InChI is InChI=1S/C13H31P.C8H19O4P.H3P/c1-5-8-11-14(4,12-9-6-2)13-10-7-3;1-3-5-7-11-13(9,10)12-8-6-4-2;/h14H,5-13H2,1-4H3;3-8H2,1-2H3,(H,9,10);1H3. The van der Waals surface area contributed by atoms with Crippen LogP contribution in [0.15, 0.2) is 0 Å². The molecule has 0 aliphatic rings. The van der Waals surface area contributed by atoms with Crippen LogP contribution in [0.25, 0.3) is 0 Å². The van der Waals surface area contributed by atoms with E-state index in [2.05, 4.69) is 27.4 Å². The SMILES string of the molecule is CCCCOP(=O)(O)OCCCC.CCCC[PH](C)(CCCC)CCCC.P. The minimum Gasteiger partial charge on any atom is -0.153 e. The van der Waals surface area contributed by atoms with E-state index in [0.29, 0.717) is 0 Å². The number of phosphoric ester groups is 1. The topological polar surface area (TPSA) is 55.8 Å². The number of phosphoric acid groups is 1. The molecule has 0 aliphatic heterocycles. The van der Waals surface area contributed by atoms with Crippen LogP contribution in [0.4, 0.5) is 0 Å². The molecular formula is C21H53O4P3. The molecule has 0 rings (SSSR count). The summed E-state index contributed by atoms with van der Waals surface area (Å²) in [6.07, 6.45) is 16.8. The second-order valence-corrected chi connectivity index (χ2v) is 14.5. The van der Waals surface area contributed by atoms with E-state index in [1.165, 1.54) is 38.5 Å². The first-order valence-electron chi connectivity index (χ1n) is 11.4. The van der Waals surface area contributed by atoms with Crippen LogP contribution in [-0.2, 0) is 13.6 Å². The van der Waals surface area contributed by atoms with Gasteiger partial charge >= 0.3 is 99.5 Å². The number of hydrogen-bond acceptors (Lipinski definition) is 3. The van der Waals surface area contributed by atoms with Crippen LogP contribution >= 0.6 is 25.0 Å². The Hall–Kier alpha value is 0.970. The third kappa shape index (κ3) is 23.3. The molecule has 1 atom stereocenters. The Labute approximate surface area is 180 Å². The molecule has 0 fully saturated rings. The molecule has 176 valence electrons. The van der Waals surface area contributed by atoms with Crippen molar-refractivity contribution in [3.63, 3.8) is 0 Å². The zero-order chi connectivity index (χ0) is 21.0. The fourth-order valence-electron chi connectivity index (χ4n) is 2.87. The Morgan fingerprint density at radius 3 is 1.21 bits per heavy atom. The van der Waals surface area contributed by atoms with Crippen LogP contribution in [0.2, 0.25) is 0 Å². The fourth-order valence-corrected chi connectivity index (χ4v) is 8.04. The van der Waals surface area contributed by atoms with Gasteiger partial charge in [0.2, 0.25) is 0 Å². The Bertz CT molecular complexity index is 319. The predicted octanol–water partition coefficient (Wildman–Crippen LogP) is 7.54. The molecule has 0 aromatic heterocycles. The van der Waals surface area contributed by atoms with Gasteiger partial charge in [0.1, 0.15) is 0 Å². The number of unbranched alkanes of at least 4 members (excludes halogenated alkanes) is 5. The van der Waals surface area contributed by atoms with E-state index < -0.39 is 15.1 Å². The molecule has 0 saturated carbocycles. The molecule has 0 amide bonds. The van der Waals surface area contributed by atoms with Gasteiger partial charge in [0.15, 0.2) is 0 Å². The van der Waals surface area contributed by atoms with Gasteiger partial charge in [0.25, 0.3) is 0 Å². The van der Waals surface area contributed by atoms with Crippen molar-refractivity contribution in [2.75, 3.05) is 38.4 Å². The molecule has 0 aromatic carbocycles. The Morgan fingerprint density at radius 2 is 0.964 bits per heavy atom. The number of rotatable bonds is 17. The van der Waals surface area contributed by atoms with Crippen molar-refractivity contribution >= 4 is 25.0 Å². The van der Waals surface area contributed by atoms with Gasteiger partial charge in [-0.05, 0) is 12.8 Å². The van der Waals surface area contributed by atoms with Gasteiger partial charge in [-0.25, -0.2) is 4.57 Å². The van der Waals surface area contributed by atoms with E-state index in [-0.39, 0.29) is 23.1 Å². The van der Waals surface area contributed by atoms with Gasteiger partial charge in [0.05, 0.1) is 13.2 Å². The molecule has 0 aliphatic carbocycles. The van der Waals surface area contributed by atoms with Crippen molar-refractivity contribution in [1.29, 1.82) is 0 Å². The third-order valence-electron chi connectivity index (χ3n) is 4.91. The van der Waals surface area contributed by atoms with Crippen molar-refractivity contribution < 1.29 is 18.5 Å². The minimum absolute atomic E-state index is 0. The fraction of sp³-hybridized carbons (Fsp3) is 1.00. The quantitative estimate of drug-likeness (QED) is 0.179. The number of hydrogen-bond donors (Lipinski definition) is 1. The Balaban J connectivity index is -0.000000432. The smallest absolute Gasteiger partial charge is 0.153 e. The van der Waals surface area contributed by atoms with Crippen molar-refractivity contribution in [2.45, 2.75) is 98.8 Å². The summed E-state index contributed by atoms with van der Waals surface area (Å²) in [7, 11) is -4.56. The summed E-state index contributed by atoms with van der Waals surface area (Å²) in [4.78, 5) is 9.08. The molecule has 0 bridgehead atoms. The summed E-state index contributed by atoms with van der Waals surface area (Å²) in [5, 5.41) is 0. The molecular weight excluding hydrogens is 409 g/mol. The Kier molecular flexibility index (Phi) is 27.2. The monoisotopic (exact) mass is 462 g/mol. The first kappa shape index (κ1) is 33.6. The van der Waals surface area contributed by atoms with Gasteiger partial charge in [-0.3, -0.25) is 9.05 Å². The van der Waals surface area contributed by atoms with E-state index in [9.17, 15) is 4.57 Å². The van der Waals surface area contributed by atoms with Crippen LogP contribution in [0.3, 0.4) is 0 Å². The van der Waals surface area contributed by atoms with E-state index in [1.54, 1.807) is 18.5 Å². The van der Waals surface area contributed by atoms with Crippen molar-refractivity contribution in [1.82, 2.24) is 0 Å². The van der Waals surface area contributed by atoms with E-state index in [1.807, 2.05) is 13.8 Å². The molecule has 0 saturated heterocycles. The van der Waals surface area contributed by atoms with Gasteiger partial charge in [0, 0.05) is 0 Å². The average Bonchev–Trinajstić information content (AvgIpc) is 2.64. The molecule has 0 spiro atoms. The molecule has 7 heteroatoms. The maximum absolute atomic E-state index is 11.1. The normalized spacial score (nSPS) is 12.1.